The third-order valence-corrected chi connectivity index (χ3v) is 3.09. The third kappa shape index (κ3) is 3.69. The molecule has 0 radical (unpaired) electrons. The maximum absolute atomic E-state index is 11.5. The molecule has 2 heteroatoms. The van der Waals surface area contributed by atoms with E-state index in [0.717, 1.165) is 25.7 Å². The largest absolute Gasteiger partial charge is 0.353 e. The number of carbonyl (C=O) groups excluding carboxylic acids is 1. The molecule has 14 heavy (non-hydrogen) atoms. The summed E-state index contributed by atoms with van der Waals surface area (Å²) in [7, 11) is 0. The molecule has 82 valence electrons. The van der Waals surface area contributed by atoms with Crippen molar-refractivity contribution >= 4 is 5.91 Å². The lowest BCUT2D eigenvalue weighted by Crippen LogP contribution is -2.33. The van der Waals surface area contributed by atoms with Crippen LogP contribution in [0.4, 0.5) is 0 Å². The van der Waals surface area contributed by atoms with Crippen LogP contribution >= 0.6 is 0 Å². The number of hydrogen-bond donors (Lipinski definition) is 1. The minimum absolute atomic E-state index is 0.245. The van der Waals surface area contributed by atoms with Crippen molar-refractivity contribution in [2.45, 2.75) is 65.3 Å². The lowest BCUT2D eigenvalue weighted by atomic mass is 9.92. The van der Waals surface area contributed by atoms with E-state index in [0.29, 0.717) is 17.9 Å². The summed E-state index contributed by atoms with van der Waals surface area (Å²) in [4.78, 5) is 11.5. The Morgan fingerprint density at radius 3 is 2.71 bits per heavy atom. The van der Waals surface area contributed by atoms with E-state index in [4.69, 9.17) is 0 Å². The van der Waals surface area contributed by atoms with Crippen molar-refractivity contribution in [1.82, 2.24) is 5.32 Å². The molecular formula is C12H23NO. The Morgan fingerprint density at radius 2 is 2.21 bits per heavy atom. The molecule has 1 saturated carbocycles. The number of amides is 1. The zero-order valence-electron chi connectivity index (χ0n) is 9.73. The van der Waals surface area contributed by atoms with Crippen LogP contribution in [0, 0.1) is 5.41 Å². The Morgan fingerprint density at radius 1 is 1.50 bits per heavy atom. The van der Waals surface area contributed by atoms with Crippen LogP contribution < -0.4 is 5.32 Å². The number of carbonyl (C=O) groups is 1. The molecule has 0 aromatic heterocycles. The molecule has 0 saturated heterocycles. The molecule has 1 amide bonds. The second-order valence-electron chi connectivity index (χ2n) is 5.28. The Kier molecular flexibility index (Phi) is 3.97. The van der Waals surface area contributed by atoms with E-state index >= 15 is 0 Å². The Balaban J connectivity index is 2.22. The number of nitrogens with one attached hydrogen (secondary N) is 1. The molecule has 1 unspecified atom stereocenters. The summed E-state index contributed by atoms with van der Waals surface area (Å²) in [6.07, 6.45) is 6.36. The highest BCUT2D eigenvalue weighted by Crippen LogP contribution is 2.36. The Bertz CT molecular complexity index is 198. The Hall–Kier alpha value is -0.530. The van der Waals surface area contributed by atoms with E-state index in [1.165, 1.54) is 6.42 Å². The first-order valence-corrected chi connectivity index (χ1v) is 5.83. The minimum atomic E-state index is 0.245. The highest BCUT2D eigenvalue weighted by atomic mass is 16.1. The van der Waals surface area contributed by atoms with E-state index in [1.54, 1.807) is 0 Å². The molecule has 1 N–H and O–H groups in total. The molecule has 1 atom stereocenters. The van der Waals surface area contributed by atoms with Crippen molar-refractivity contribution in [3.05, 3.63) is 0 Å². The van der Waals surface area contributed by atoms with Gasteiger partial charge >= 0.3 is 0 Å². The van der Waals surface area contributed by atoms with Crippen molar-refractivity contribution in [3.8, 4) is 0 Å². The zero-order chi connectivity index (χ0) is 10.6. The lowest BCUT2D eigenvalue weighted by molar-refractivity contribution is -0.121. The van der Waals surface area contributed by atoms with Crippen LogP contribution in [0.25, 0.3) is 0 Å². The van der Waals surface area contributed by atoms with Gasteiger partial charge in [-0.1, -0.05) is 27.2 Å². The molecule has 0 bridgehead atoms. The topological polar surface area (TPSA) is 29.1 Å². The van der Waals surface area contributed by atoms with Gasteiger partial charge in [-0.05, 0) is 31.1 Å². The minimum Gasteiger partial charge on any atom is -0.353 e. The molecule has 1 rings (SSSR count). The van der Waals surface area contributed by atoms with Gasteiger partial charge in [0.2, 0.25) is 5.91 Å². The predicted octanol–water partition coefficient (Wildman–Crippen LogP) is 2.87. The normalized spacial score (nSPS) is 24.9. The Labute approximate surface area is 87.5 Å². The first-order valence-electron chi connectivity index (χ1n) is 5.83. The van der Waals surface area contributed by atoms with Gasteiger partial charge in [0.15, 0.2) is 0 Å². The first-order chi connectivity index (χ1) is 6.53. The summed E-state index contributed by atoms with van der Waals surface area (Å²) in [6.45, 7) is 6.68. The van der Waals surface area contributed by atoms with E-state index in [1.807, 2.05) is 0 Å². The van der Waals surface area contributed by atoms with Crippen LogP contribution in [-0.4, -0.2) is 11.9 Å². The molecule has 1 aliphatic carbocycles. The van der Waals surface area contributed by atoms with Crippen LogP contribution in [0.1, 0.15) is 59.3 Å². The van der Waals surface area contributed by atoms with Gasteiger partial charge in [0.1, 0.15) is 0 Å². The molecule has 0 aromatic rings. The van der Waals surface area contributed by atoms with E-state index in [9.17, 15) is 4.79 Å². The quantitative estimate of drug-likeness (QED) is 0.737. The van der Waals surface area contributed by atoms with Gasteiger partial charge in [-0.15, -0.1) is 0 Å². The monoisotopic (exact) mass is 197 g/mol. The van der Waals surface area contributed by atoms with Crippen molar-refractivity contribution in [2.75, 3.05) is 0 Å². The van der Waals surface area contributed by atoms with Gasteiger partial charge in [0.25, 0.3) is 0 Å². The smallest absolute Gasteiger partial charge is 0.220 e. The SMILES string of the molecule is CCCCC(=O)NC1CCC(C)(C)C1. The standard InChI is InChI=1S/C12H23NO/c1-4-5-6-11(14)13-10-7-8-12(2,3)9-10/h10H,4-9H2,1-3H3,(H,13,14). The number of rotatable bonds is 4. The maximum atomic E-state index is 11.5. The summed E-state index contributed by atoms with van der Waals surface area (Å²) in [5.41, 5.74) is 0.433. The van der Waals surface area contributed by atoms with Crippen molar-refractivity contribution in [3.63, 3.8) is 0 Å². The molecule has 2 nitrogen and oxygen atoms in total. The highest BCUT2D eigenvalue weighted by molar-refractivity contribution is 5.76. The summed E-state index contributed by atoms with van der Waals surface area (Å²) in [5, 5.41) is 3.13. The van der Waals surface area contributed by atoms with E-state index in [-0.39, 0.29) is 5.91 Å². The molecule has 0 spiro atoms. The summed E-state index contributed by atoms with van der Waals surface area (Å²) in [6, 6.07) is 0.439. The van der Waals surface area contributed by atoms with Crippen LogP contribution in [0.15, 0.2) is 0 Å². The van der Waals surface area contributed by atoms with Crippen LogP contribution in [0.2, 0.25) is 0 Å². The fourth-order valence-electron chi connectivity index (χ4n) is 2.20. The second kappa shape index (κ2) is 4.81. The average molecular weight is 197 g/mol. The molecule has 0 heterocycles. The van der Waals surface area contributed by atoms with Crippen molar-refractivity contribution in [1.29, 1.82) is 0 Å². The number of unbranched alkanes of at least 4 members (excludes halogenated alkanes) is 1. The van der Waals surface area contributed by atoms with Crippen LogP contribution in [0.5, 0.6) is 0 Å². The molecule has 0 aliphatic heterocycles. The van der Waals surface area contributed by atoms with Crippen molar-refractivity contribution in [2.24, 2.45) is 5.41 Å². The summed E-state index contributed by atoms with van der Waals surface area (Å²) < 4.78 is 0. The fourth-order valence-corrected chi connectivity index (χ4v) is 2.20. The fraction of sp³-hybridized carbons (Fsp3) is 0.917. The van der Waals surface area contributed by atoms with Crippen molar-refractivity contribution < 1.29 is 4.79 Å². The average Bonchev–Trinajstić information content (AvgIpc) is 2.42. The lowest BCUT2D eigenvalue weighted by Gasteiger charge is -2.17. The second-order valence-corrected chi connectivity index (χ2v) is 5.28. The van der Waals surface area contributed by atoms with Gasteiger partial charge in [-0.3, -0.25) is 4.79 Å². The molecule has 1 aliphatic rings. The van der Waals surface area contributed by atoms with E-state index < -0.39 is 0 Å². The van der Waals surface area contributed by atoms with Gasteiger partial charge in [0, 0.05) is 12.5 Å². The van der Waals surface area contributed by atoms with Crippen LogP contribution in [0.3, 0.4) is 0 Å². The zero-order valence-corrected chi connectivity index (χ0v) is 9.73. The molecule has 1 fully saturated rings. The molecule has 0 aromatic carbocycles. The predicted molar refractivity (Wildman–Crippen MR) is 59.1 cm³/mol. The van der Waals surface area contributed by atoms with Gasteiger partial charge in [-0.25, -0.2) is 0 Å². The first kappa shape index (κ1) is 11.5. The maximum Gasteiger partial charge on any atom is 0.220 e. The summed E-state index contributed by atoms with van der Waals surface area (Å²) >= 11 is 0. The van der Waals surface area contributed by atoms with Gasteiger partial charge in [0.05, 0.1) is 0 Å². The summed E-state index contributed by atoms with van der Waals surface area (Å²) in [5.74, 6) is 0.245. The number of hydrogen-bond acceptors (Lipinski definition) is 1. The van der Waals surface area contributed by atoms with Gasteiger partial charge in [-0.2, -0.15) is 0 Å². The van der Waals surface area contributed by atoms with Gasteiger partial charge < -0.3 is 5.32 Å². The molecular weight excluding hydrogens is 174 g/mol. The van der Waals surface area contributed by atoms with Crippen LogP contribution in [-0.2, 0) is 4.79 Å². The van der Waals surface area contributed by atoms with E-state index in [2.05, 4.69) is 26.1 Å². The third-order valence-electron chi connectivity index (χ3n) is 3.09. The highest BCUT2D eigenvalue weighted by Gasteiger charge is 2.31.